The van der Waals surface area contributed by atoms with Gasteiger partial charge in [0.15, 0.2) is 0 Å². The van der Waals surface area contributed by atoms with Crippen LogP contribution in [0.15, 0.2) is 28.9 Å². The normalized spacial score (nSPS) is 10.9. The third kappa shape index (κ3) is 3.43. The minimum atomic E-state index is -0.560. The van der Waals surface area contributed by atoms with E-state index in [1.165, 1.54) is 28.4 Å². The van der Waals surface area contributed by atoms with E-state index in [2.05, 4.69) is 10.1 Å². The summed E-state index contributed by atoms with van der Waals surface area (Å²) in [6.07, 6.45) is 1.74. The molecule has 3 aromatic rings. The van der Waals surface area contributed by atoms with Gasteiger partial charge in [-0.25, -0.2) is 9.37 Å². The van der Waals surface area contributed by atoms with Crippen LogP contribution in [0.5, 0.6) is 0 Å². The maximum absolute atomic E-state index is 14.2. The summed E-state index contributed by atoms with van der Waals surface area (Å²) in [4.78, 5) is 19.5. The predicted molar refractivity (Wildman–Crippen MR) is 94.3 cm³/mol. The smallest absolute Gasteiger partial charge is 0.259 e. The highest BCUT2D eigenvalue weighted by Gasteiger charge is 2.27. The second kappa shape index (κ2) is 6.93. The highest BCUT2D eigenvalue weighted by molar-refractivity contribution is 7.11. The number of carbonyl (C=O) groups is 1. The van der Waals surface area contributed by atoms with Gasteiger partial charge in [0.05, 0.1) is 22.1 Å². The van der Waals surface area contributed by atoms with Crippen LogP contribution in [0.4, 0.5) is 4.39 Å². The van der Waals surface area contributed by atoms with Crippen molar-refractivity contribution >= 4 is 28.8 Å². The first kappa shape index (κ1) is 17.6. The summed E-state index contributed by atoms with van der Waals surface area (Å²) in [6.45, 7) is 3.90. The number of aryl methyl sites for hydroxylation is 2. The zero-order valence-electron chi connectivity index (χ0n) is 13.8. The van der Waals surface area contributed by atoms with Crippen molar-refractivity contribution in [1.82, 2.24) is 15.0 Å². The molecule has 130 valence electrons. The molecule has 25 heavy (non-hydrogen) atoms. The Morgan fingerprint density at radius 1 is 1.40 bits per heavy atom. The van der Waals surface area contributed by atoms with Crippen molar-refractivity contribution in [1.29, 1.82) is 0 Å². The number of hydrogen-bond donors (Lipinski definition) is 0. The molecule has 0 aliphatic heterocycles. The molecular formula is C17H15ClFN3O2S. The van der Waals surface area contributed by atoms with Crippen molar-refractivity contribution in [2.75, 3.05) is 7.05 Å². The molecule has 0 N–H and O–H groups in total. The number of rotatable bonds is 4. The van der Waals surface area contributed by atoms with Gasteiger partial charge in [-0.3, -0.25) is 4.79 Å². The molecular weight excluding hydrogens is 365 g/mol. The van der Waals surface area contributed by atoms with Crippen LogP contribution in [-0.2, 0) is 6.54 Å². The Hall–Kier alpha value is -2.25. The summed E-state index contributed by atoms with van der Waals surface area (Å²) < 4.78 is 19.4. The molecule has 0 unspecified atom stereocenters. The summed E-state index contributed by atoms with van der Waals surface area (Å²) >= 11 is 7.62. The molecule has 2 heterocycles. The van der Waals surface area contributed by atoms with Crippen LogP contribution >= 0.6 is 22.9 Å². The highest BCUT2D eigenvalue weighted by atomic mass is 35.5. The first-order valence-electron chi connectivity index (χ1n) is 7.46. The van der Waals surface area contributed by atoms with Crippen molar-refractivity contribution in [3.05, 3.63) is 56.4 Å². The molecule has 8 heteroatoms. The Labute approximate surface area is 153 Å². The molecule has 0 bridgehead atoms. The number of thiazole rings is 1. The summed E-state index contributed by atoms with van der Waals surface area (Å²) in [6, 6.07) is 4.30. The molecule has 0 saturated heterocycles. The van der Waals surface area contributed by atoms with E-state index < -0.39 is 5.82 Å². The molecule has 0 atom stereocenters. The van der Waals surface area contributed by atoms with Crippen LogP contribution in [0.1, 0.15) is 26.0 Å². The Kier molecular flexibility index (Phi) is 4.87. The fraction of sp³-hybridized carbons (Fsp3) is 0.235. The Balaban J connectivity index is 1.97. The van der Waals surface area contributed by atoms with Crippen molar-refractivity contribution in [2.24, 2.45) is 0 Å². The Bertz CT molecular complexity index is 918. The zero-order valence-corrected chi connectivity index (χ0v) is 15.4. The van der Waals surface area contributed by atoms with Gasteiger partial charge in [-0.2, -0.15) is 0 Å². The molecule has 0 spiro atoms. The van der Waals surface area contributed by atoms with Gasteiger partial charge < -0.3 is 9.42 Å². The highest BCUT2D eigenvalue weighted by Crippen LogP contribution is 2.34. The maximum Gasteiger partial charge on any atom is 0.259 e. The van der Waals surface area contributed by atoms with Gasteiger partial charge in [0.25, 0.3) is 5.91 Å². The number of hydrogen-bond acceptors (Lipinski definition) is 5. The van der Waals surface area contributed by atoms with Crippen LogP contribution in [0.3, 0.4) is 0 Å². The van der Waals surface area contributed by atoms with Crippen molar-refractivity contribution < 1.29 is 13.7 Å². The van der Waals surface area contributed by atoms with Gasteiger partial charge >= 0.3 is 0 Å². The Morgan fingerprint density at radius 3 is 2.80 bits per heavy atom. The molecule has 0 aliphatic rings. The summed E-state index contributed by atoms with van der Waals surface area (Å²) in [5.74, 6) is -0.568. The molecule has 0 fully saturated rings. The topological polar surface area (TPSA) is 59.2 Å². The summed E-state index contributed by atoms with van der Waals surface area (Å²) in [5.41, 5.74) is 0.375. The lowest BCUT2D eigenvalue weighted by molar-refractivity contribution is 0.0785. The second-order valence-electron chi connectivity index (χ2n) is 5.57. The van der Waals surface area contributed by atoms with E-state index in [0.717, 1.165) is 9.88 Å². The van der Waals surface area contributed by atoms with Crippen LogP contribution in [-0.4, -0.2) is 28.0 Å². The van der Waals surface area contributed by atoms with E-state index in [1.807, 2.05) is 6.92 Å². The van der Waals surface area contributed by atoms with E-state index in [-0.39, 0.29) is 27.8 Å². The van der Waals surface area contributed by atoms with Gasteiger partial charge in [-0.05, 0) is 26.0 Å². The molecule has 0 aliphatic carbocycles. The lowest BCUT2D eigenvalue weighted by atomic mass is 10.0. The van der Waals surface area contributed by atoms with Gasteiger partial charge in [0.2, 0.25) is 0 Å². The second-order valence-corrected chi connectivity index (χ2v) is 7.29. The van der Waals surface area contributed by atoms with E-state index in [0.29, 0.717) is 12.3 Å². The van der Waals surface area contributed by atoms with Gasteiger partial charge in [0, 0.05) is 18.1 Å². The molecule has 1 amide bonds. The molecule has 5 nitrogen and oxygen atoms in total. The van der Waals surface area contributed by atoms with E-state index in [1.54, 1.807) is 26.2 Å². The van der Waals surface area contributed by atoms with Crippen LogP contribution in [0.25, 0.3) is 11.3 Å². The fourth-order valence-corrected chi connectivity index (χ4v) is 3.59. The van der Waals surface area contributed by atoms with Crippen LogP contribution in [0, 0.1) is 19.7 Å². The third-order valence-corrected chi connectivity index (χ3v) is 4.90. The first-order valence-corrected chi connectivity index (χ1v) is 8.65. The van der Waals surface area contributed by atoms with Crippen molar-refractivity contribution in [3.8, 4) is 11.3 Å². The number of aromatic nitrogens is 2. The predicted octanol–water partition coefficient (Wildman–Crippen LogP) is 4.48. The Morgan fingerprint density at radius 2 is 2.16 bits per heavy atom. The largest absolute Gasteiger partial charge is 0.360 e. The average Bonchev–Trinajstić information content (AvgIpc) is 3.12. The SMILES string of the molecule is Cc1ncc(CN(C)C(=O)c2c(-c3c(F)cccc3Cl)noc2C)s1. The molecule has 2 aromatic heterocycles. The maximum atomic E-state index is 14.2. The van der Waals surface area contributed by atoms with Gasteiger partial charge in [-0.1, -0.05) is 22.8 Å². The zero-order chi connectivity index (χ0) is 18.1. The number of carbonyl (C=O) groups excluding carboxylic acids is 1. The number of nitrogens with zero attached hydrogens (tertiary/aromatic N) is 3. The molecule has 1 aromatic carbocycles. The third-order valence-electron chi connectivity index (χ3n) is 3.69. The minimum Gasteiger partial charge on any atom is -0.360 e. The first-order chi connectivity index (χ1) is 11.9. The van der Waals surface area contributed by atoms with Gasteiger partial charge in [0.1, 0.15) is 22.8 Å². The van der Waals surface area contributed by atoms with Crippen molar-refractivity contribution in [2.45, 2.75) is 20.4 Å². The fourth-order valence-electron chi connectivity index (χ4n) is 2.49. The molecule has 3 rings (SSSR count). The average molecular weight is 380 g/mol. The quantitative estimate of drug-likeness (QED) is 0.670. The van der Waals surface area contributed by atoms with Crippen LogP contribution < -0.4 is 0 Å². The lowest BCUT2D eigenvalue weighted by Gasteiger charge is -2.16. The lowest BCUT2D eigenvalue weighted by Crippen LogP contribution is -2.26. The summed E-state index contributed by atoms with van der Waals surface area (Å²) in [5, 5.41) is 4.96. The summed E-state index contributed by atoms with van der Waals surface area (Å²) in [7, 11) is 1.66. The minimum absolute atomic E-state index is 0.0615. The number of amides is 1. The van der Waals surface area contributed by atoms with Crippen LogP contribution in [0.2, 0.25) is 5.02 Å². The van der Waals surface area contributed by atoms with Gasteiger partial charge in [-0.15, -0.1) is 11.3 Å². The number of halogens is 2. The van der Waals surface area contributed by atoms with E-state index >= 15 is 0 Å². The van der Waals surface area contributed by atoms with E-state index in [4.69, 9.17) is 16.1 Å². The standard InChI is InChI=1S/C17H15ClFN3O2S/c1-9-14(17(23)22(3)8-11-7-20-10(2)25-11)16(21-24-9)15-12(18)5-4-6-13(15)19/h4-7H,8H2,1-3H3. The molecule has 0 saturated carbocycles. The monoisotopic (exact) mass is 379 g/mol. The van der Waals surface area contributed by atoms with E-state index in [9.17, 15) is 9.18 Å². The number of benzene rings is 1. The van der Waals surface area contributed by atoms with Crippen molar-refractivity contribution in [3.63, 3.8) is 0 Å². The molecule has 0 radical (unpaired) electrons.